The Hall–Kier alpha value is -2.01. The molecule has 108 valence electrons. The van der Waals surface area contributed by atoms with Crippen molar-refractivity contribution >= 4 is 22.6 Å². The molecule has 3 aromatic rings. The molecule has 0 fully saturated rings. The Labute approximate surface area is 123 Å². The van der Waals surface area contributed by atoms with Gasteiger partial charge in [-0.15, -0.1) is 11.6 Å². The van der Waals surface area contributed by atoms with E-state index < -0.39 is 11.7 Å². The van der Waals surface area contributed by atoms with Crippen molar-refractivity contribution in [1.29, 1.82) is 0 Å². The fraction of sp³-hybridized carbons (Fsp3) is 0.133. The lowest BCUT2D eigenvalue weighted by Crippen LogP contribution is -2.07. The topological polar surface area (TPSA) is 17.8 Å². The van der Waals surface area contributed by atoms with Crippen LogP contribution in [-0.4, -0.2) is 9.55 Å². The van der Waals surface area contributed by atoms with Crippen LogP contribution in [0.4, 0.5) is 13.2 Å². The summed E-state index contributed by atoms with van der Waals surface area (Å²) in [7, 11) is 0. The number of fused-ring (bicyclic) bond motifs is 1. The van der Waals surface area contributed by atoms with Crippen LogP contribution in [0.5, 0.6) is 0 Å². The van der Waals surface area contributed by atoms with Gasteiger partial charge in [-0.1, -0.05) is 18.2 Å². The number of benzene rings is 2. The smallest absolute Gasteiger partial charge is 0.295 e. The van der Waals surface area contributed by atoms with Gasteiger partial charge in [-0.2, -0.15) is 13.2 Å². The maximum Gasteiger partial charge on any atom is 0.416 e. The zero-order chi connectivity index (χ0) is 15.0. The Bertz CT molecular complexity index is 793. The number of para-hydroxylation sites is 2. The van der Waals surface area contributed by atoms with Crippen molar-refractivity contribution in [2.24, 2.45) is 0 Å². The summed E-state index contributed by atoms with van der Waals surface area (Å²) in [5.74, 6) is 0.627. The molecule has 0 amide bonds. The zero-order valence-electron chi connectivity index (χ0n) is 10.7. The van der Waals surface area contributed by atoms with Crippen LogP contribution >= 0.6 is 11.6 Å². The number of hydrogen-bond acceptors (Lipinski definition) is 1. The molecule has 3 rings (SSSR count). The lowest BCUT2D eigenvalue weighted by Gasteiger charge is -2.11. The van der Waals surface area contributed by atoms with E-state index in [9.17, 15) is 13.2 Å². The monoisotopic (exact) mass is 310 g/mol. The van der Waals surface area contributed by atoms with Crippen LogP contribution in [0.25, 0.3) is 16.7 Å². The highest BCUT2D eigenvalue weighted by Crippen LogP contribution is 2.31. The van der Waals surface area contributed by atoms with Gasteiger partial charge in [-0.25, -0.2) is 4.98 Å². The molecule has 0 saturated carbocycles. The number of hydrogen-bond donors (Lipinski definition) is 0. The van der Waals surface area contributed by atoms with Crippen molar-refractivity contribution in [3.63, 3.8) is 0 Å². The highest BCUT2D eigenvalue weighted by Gasteiger charge is 2.30. The van der Waals surface area contributed by atoms with Crippen molar-refractivity contribution < 1.29 is 13.2 Å². The Morgan fingerprint density at radius 1 is 1.05 bits per heavy atom. The summed E-state index contributed by atoms with van der Waals surface area (Å²) in [6.07, 6.45) is -4.38. The van der Waals surface area contributed by atoms with Crippen LogP contribution < -0.4 is 0 Å². The predicted molar refractivity (Wildman–Crippen MR) is 75.6 cm³/mol. The van der Waals surface area contributed by atoms with Gasteiger partial charge in [0.1, 0.15) is 5.82 Å². The predicted octanol–water partition coefficient (Wildman–Crippen LogP) is 4.78. The minimum Gasteiger partial charge on any atom is -0.295 e. The Kier molecular flexibility index (Phi) is 3.37. The molecule has 0 atom stereocenters. The molecule has 0 unspecified atom stereocenters. The third kappa shape index (κ3) is 2.49. The summed E-state index contributed by atoms with van der Waals surface area (Å²) in [6, 6.07) is 12.4. The second-order valence-corrected chi connectivity index (χ2v) is 4.80. The summed E-state index contributed by atoms with van der Waals surface area (Å²) in [5.41, 5.74) is 1.13. The molecule has 0 spiro atoms. The second-order valence-electron chi connectivity index (χ2n) is 4.53. The first-order valence-electron chi connectivity index (χ1n) is 6.20. The third-order valence-electron chi connectivity index (χ3n) is 3.18. The molecule has 6 heteroatoms. The molecule has 0 aliphatic carbocycles. The zero-order valence-corrected chi connectivity index (χ0v) is 11.5. The summed E-state index contributed by atoms with van der Waals surface area (Å²) >= 11 is 5.88. The van der Waals surface area contributed by atoms with E-state index in [1.54, 1.807) is 22.8 Å². The van der Waals surface area contributed by atoms with Crippen LogP contribution in [0.15, 0.2) is 48.5 Å². The number of rotatable bonds is 2. The standard InChI is InChI=1S/C15H10ClF3N2/c16-9-14-20-12-6-1-2-7-13(12)21(14)11-5-3-4-10(8-11)15(17,18)19/h1-8H,9H2. The number of imidazole rings is 1. The van der Waals surface area contributed by atoms with E-state index >= 15 is 0 Å². The van der Waals surface area contributed by atoms with E-state index in [2.05, 4.69) is 4.98 Å². The summed E-state index contributed by atoms with van der Waals surface area (Å²) in [4.78, 5) is 4.35. The molecule has 2 nitrogen and oxygen atoms in total. The van der Waals surface area contributed by atoms with Crippen LogP contribution in [0, 0.1) is 0 Å². The SMILES string of the molecule is FC(F)(F)c1cccc(-n2c(CCl)nc3ccccc32)c1. The first kappa shape index (κ1) is 13.9. The van der Waals surface area contributed by atoms with Crippen LogP contribution in [0.3, 0.4) is 0 Å². The molecule has 0 N–H and O–H groups in total. The fourth-order valence-corrected chi connectivity index (χ4v) is 2.45. The van der Waals surface area contributed by atoms with Gasteiger partial charge in [0.05, 0.1) is 22.5 Å². The van der Waals surface area contributed by atoms with E-state index in [0.717, 1.165) is 17.6 Å². The average molecular weight is 311 g/mol. The van der Waals surface area contributed by atoms with Gasteiger partial charge in [-0.05, 0) is 30.3 Å². The molecule has 0 saturated heterocycles. The summed E-state index contributed by atoms with van der Waals surface area (Å²) in [5, 5.41) is 0. The van der Waals surface area contributed by atoms with Crippen molar-refractivity contribution in [2.45, 2.75) is 12.1 Å². The van der Waals surface area contributed by atoms with Crippen LogP contribution in [0.2, 0.25) is 0 Å². The average Bonchev–Trinajstić information content (AvgIpc) is 2.85. The molecular weight excluding hydrogens is 301 g/mol. The largest absolute Gasteiger partial charge is 0.416 e. The Morgan fingerprint density at radius 2 is 1.81 bits per heavy atom. The number of halogens is 4. The minimum absolute atomic E-state index is 0.116. The quantitative estimate of drug-likeness (QED) is 0.623. The van der Waals surface area contributed by atoms with E-state index in [1.165, 1.54) is 6.07 Å². The fourth-order valence-electron chi connectivity index (χ4n) is 2.27. The summed E-state index contributed by atoms with van der Waals surface area (Å²) in [6.45, 7) is 0. The van der Waals surface area contributed by atoms with Crippen molar-refractivity contribution in [3.8, 4) is 5.69 Å². The molecule has 0 radical (unpaired) electrons. The van der Waals surface area contributed by atoms with Gasteiger partial charge in [0.25, 0.3) is 0 Å². The maximum absolute atomic E-state index is 12.9. The highest BCUT2D eigenvalue weighted by atomic mass is 35.5. The van der Waals surface area contributed by atoms with Gasteiger partial charge < -0.3 is 0 Å². The summed E-state index contributed by atoms with van der Waals surface area (Å²) < 4.78 is 40.2. The van der Waals surface area contributed by atoms with Gasteiger partial charge in [0.2, 0.25) is 0 Å². The van der Waals surface area contributed by atoms with Gasteiger partial charge in [-0.3, -0.25) is 4.57 Å². The lowest BCUT2D eigenvalue weighted by molar-refractivity contribution is -0.137. The lowest BCUT2D eigenvalue weighted by atomic mass is 10.2. The molecule has 1 heterocycles. The highest BCUT2D eigenvalue weighted by molar-refractivity contribution is 6.17. The molecular formula is C15H10ClF3N2. The maximum atomic E-state index is 12.9. The molecule has 2 aromatic carbocycles. The van der Waals surface area contributed by atoms with Crippen LogP contribution in [-0.2, 0) is 12.1 Å². The second kappa shape index (κ2) is 5.07. The Balaban J connectivity index is 2.25. The van der Waals surface area contributed by atoms with E-state index in [0.29, 0.717) is 17.0 Å². The molecule has 0 aliphatic rings. The number of alkyl halides is 4. The van der Waals surface area contributed by atoms with Crippen molar-refractivity contribution in [2.75, 3.05) is 0 Å². The van der Waals surface area contributed by atoms with E-state index in [4.69, 9.17) is 11.6 Å². The van der Waals surface area contributed by atoms with Gasteiger partial charge in [0.15, 0.2) is 0 Å². The normalized spacial score (nSPS) is 12.0. The van der Waals surface area contributed by atoms with Crippen LogP contribution in [0.1, 0.15) is 11.4 Å². The third-order valence-corrected chi connectivity index (χ3v) is 3.42. The first-order valence-corrected chi connectivity index (χ1v) is 6.74. The molecule has 0 aliphatic heterocycles. The number of nitrogens with zero attached hydrogens (tertiary/aromatic N) is 2. The van der Waals surface area contributed by atoms with E-state index in [-0.39, 0.29) is 5.88 Å². The molecule has 1 aromatic heterocycles. The Morgan fingerprint density at radius 3 is 2.52 bits per heavy atom. The van der Waals surface area contributed by atoms with Crippen molar-refractivity contribution in [1.82, 2.24) is 9.55 Å². The first-order chi connectivity index (χ1) is 10.0. The molecule has 0 bridgehead atoms. The molecule has 21 heavy (non-hydrogen) atoms. The minimum atomic E-state index is -4.38. The van der Waals surface area contributed by atoms with Gasteiger partial charge in [0, 0.05) is 5.69 Å². The number of aromatic nitrogens is 2. The van der Waals surface area contributed by atoms with Crippen molar-refractivity contribution in [3.05, 3.63) is 59.9 Å². The van der Waals surface area contributed by atoms with Gasteiger partial charge >= 0.3 is 6.18 Å². The van der Waals surface area contributed by atoms with E-state index in [1.807, 2.05) is 12.1 Å².